The first kappa shape index (κ1) is 16.0. The molecule has 3 N–H and O–H groups in total. The fraction of sp³-hybridized carbons (Fsp3) is 0.500. The van der Waals surface area contributed by atoms with Gasteiger partial charge in [-0.05, 0) is 31.5 Å². The molecule has 1 rings (SSSR count). The fourth-order valence-electron chi connectivity index (χ4n) is 1.98. The zero-order valence-electron chi connectivity index (χ0n) is 11.3. The van der Waals surface area contributed by atoms with Crippen LogP contribution in [0, 0.1) is 0 Å². The summed E-state index contributed by atoms with van der Waals surface area (Å²) in [6.45, 7) is 5.12. The van der Waals surface area contributed by atoms with Crippen molar-refractivity contribution in [2.45, 2.75) is 25.8 Å². The van der Waals surface area contributed by atoms with E-state index in [9.17, 15) is 4.79 Å². The van der Waals surface area contributed by atoms with Crippen molar-refractivity contribution in [1.82, 2.24) is 4.90 Å². The molecule has 0 unspecified atom stereocenters. The van der Waals surface area contributed by atoms with Gasteiger partial charge in [-0.1, -0.05) is 23.7 Å². The SMILES string of the molecule is CC(C)N(CCO)C[C@@H](C(N)=O)c1ccc(Cl)cc1. The van der Waals surface area contributed by atoms with E-state index in [0.29, 0.717) is 18.1 Å². The summed E-state index contributed by atoms with van der Waals surface area (Å²) in [6, 6.07) is 7.36. The van der Waals surface area contributed by atoms with Crippen LogP contribution in [0.15, 0.2) is 24.3 Å². The summed E-state index contributed by atoms with van der Waals surface area (Å²) >= 11 is 5.84. The molecule has 0 aliphatic heterocycles. The fourth-order valence-corrected chi connectivity index (χ4v) is 2.10. The maximum atomic E-state index is 11.6. The summed E-state index contributed by atoms with van der Waals surface area (Å²) in [4.78, 5) is 13.7. The maximum absolute atomic E-state index is 11.6. The minimum Gasteiger partial charge on any atom is -0.395 e. The lowest BCUT2D eigenvalue weighted by atomic mass is 9.97. The molecule has 0 fully saturated rings. The second-order valence-electron chi connectivity index (χ2n) is 4.82. The molecule has 4 nitrogen and oxygen atoms in total. The number of nitrogens with zero attached hydrogens (tertiary/aromatic N) is 1. The van der Waals surface area contributed by atoms with E-state index >= 15 is 0 Å². The van der Waals surface area contributed by atoms with Gasteiger partial charge in [0.2, 0.25) is 5.91 Å². The van der Waals surface area contributed by atoms with E-state index in [1.54, 1.807) is 12.1 Å². The molecule has 0 saturated carbocycles. The number of hydrogen-bond donors (Lipinski definition) is 2. The van der Waals surface area contributed by atoms with Crippen LogP contribution in [-0.4, -0.2) is 41.7 Å². The molecule has 0 radical (unpaired) electrons. The first-order chi connectivity index (χ1) is 8.95. The van der Waals surface area contributed by atoms with Crippen molar-refractivity contribution < 1.29 is 9.90 Å². The topological polar surface area (TPSA) is 66.6 Å². The van der Waals surface area contributed by atoms with E-state index in [2.05, 4.69) is 0 Å². The first-order valence-electron chi connectivity index (χ1n) is 6.35. The Labute approximate surface area is 119 Å². The summed E-state index contributed by atoms with van der Waals surface area (Å²) in [5.41, 5.74) is 6.34. The molecule has 0 saturated heterocycles. The van der Waals surface area contributed by atoms with Gasteiger partial charge in [0.1, 0.15) is 0 Å². The van der Waals surface area contributed by atoms with Crippen molar-refractivity contribution in [2.24, 2.45) is 5.73 Å². The van der Waals surface area contributed by atoms with Gasteiger partial charge in [-0.15, -0.1) is 0 Å². The van der Waals surface area contributed by atoms with Crippen LogP contribution in [0.25, 0.3) is 0 Å². The van der Waals surface area contributed by atoms with Gasteiger partial charge < -0.3 is 10.8 Å². The Kier molecular flexibility index (Phi) is 6.28. The minimum absolute atomic E-state index is 0.0598. The molecule has 0 aliphatic rings. The van der Waals surface area contributed by atoms with Crippen LogP contribution in [0.5, 0.6) is 0 Å². The van der Waals surface area contributed by atoms with Crippen LogP contribution >= 0.6 is 11.6 Å². The standard InChI is InChI=1S/C14H21ClN2O2/c1-10(2)17(7-8-18)9-13(14(16)19)11-3-5-12(15)6-4-11/h3-6,10,13,18H,7-9H2,1-2H3,(H2,16,19)/t13-/m1/s1. The molecule has 0 aromatic heterocycles. The summed E-state index contributed by atoms with van der Waals surface area (Å²) < 4.78 is 0. The monoisotopic (exact) mass is 284 g/mol. The van der Waals surface area contributed by atoms with Crippen LogP contribution in [-0.2, 0) is 4.79 Å². The molecule has 106 valence electrons. The van der Waals surface area contributed by atoms with Gasteiger partial charge in [0.15, 0.2) is 0 Å². The number of rotatable bonds is 7. The van der Waals surface area contributed by atoms with Gasteiger partial charge >= 0.3 is 0 Å². The Balaban J connectivity index is 2.88. The Morgan fingerprint density at radius 3 is 2.37 bits per heavy atom. The Morgan fingerprint density at radius 2 is 1.95 bits per heavy atom. The summed E-state index contributed by atoms with van der Waals surface area (Å²) in [5, 5.41) is 9.70. The molecule has 1 amide bonds. The molecule has 0 spiro atoms. The normalized spacial score (nSPS) is 12.9. The molecule has 1 aromatic carbocycles. The Morgan fingerprint density at radius 1 is 1.37 bits per heavy atom. The zero-order valence-corrected chi connectivity index (χ0v) is 12.1. The summed E-state index contributed by atoms with van der Waals surface area (Å²) in [6.07, 6.45) is 0. The highest BCUT2D eigenvalue weighted by Gasteiger charge is 2.22. The van der Waals surface area contributed by atoms with Gasteiger partial charge in [-0.3, -0.25) is 9.69 Å². The average molecular weight is 285 g/mol. The summed E-state index contributed by atoms with van der Waals surface area (Å²) in [5.74, 6) is -0.767. The van der Waals surface area contributed by atoms with Gasteiger partial charge in [0.05, 0.1) is 12.5 Å². The Hall–Kier alpha value is -1.10. The zero-order chi connectivity index (χ0) is 14.4. The first-order valence-corrected chi connectivity index (χ1v) is 6.73. The predicted octanol–water partition coefficient (Wildman–Crippen LogP) is 1.61. The van der Waals surface area contributed by atoms with Crippen LogP contribution in [0.4, 0.5) is 0 Å². The van der Waals surface area contributed by atoms with Crippen molar-refractivity contribution in [1.29, 1.82) is 0 Å². The molecule has 5 heteroatoms. The number of primary amides is 1. The van der Waals surface area contributed by atoms with Crippen LogP contribution in [0.3, 0.4) is 0 Å². The lowest BCUT2D eigenvalue weighted by molar-refractivity contribution is -0.120. The molecule has 0 aliphatic carbocycles. The number of hydrogen-bond acceptors (Lipinski definition) is 3. The minimum atomic E-state index is -0.397. The molecular formula is C14H21ClN2O2. The second-order valence-corrected chi connectivity index (χ2v) is 5.26. The van der Waals surface area contributed by atoms with E-state index in [1.165, 1.54) is 0 Å². The number of aliphatic hydroxyl groups is 1. The molecule has 1 atom stereocenters. The summed E-state index contributed by atoms with van der Waals surface area (Å²) in [7, 11) is 0. The lowest BCUT2D eigenvalue weighted by Gasteiger charge is -2.29. The number of benzene rings is 1. The largest absolute Gasteiger partial charge is 0.395 e. The maximum Gasteiger partial charge on any atom is 0.226 e. The van der Waals surface area contributed by atoms with E-state index in [4.69, 9.17) is 22.4 Å². The van der Waals surface area contributed by atoms with E-state index in [1.807, 2.05) is 30.9 Å². The van der Waals surface area contributed by atoms with Gasteiger partial charge in [-0.2, -0.15) is 0 Å². The second kappa shape index (κ2) is 7.48. The lowest BCUT2D eigenvalue weighted by Crippen LogP contribution is -2.40. The average Bonchev–Trinajstić information content (AvgIpc) is 2.35. The van der Waals surface area contributed by atoms with Gasteiger partial charge in [0.25, 0.3) is 0 Å². The Bertz CT molecular complexity index is 406. The number of nitrogens with two attached hydrogens (primary N) is 1. The van der Waals surface area contributed by atoms with Gasteiger partial charge in [-0.25, -0.2) is 0 Å². The van der Waals surface area contributed by atoms with Crippen molar-refractivity contribution in [3.8, 4) is 0 Å². The molecular weight excluding hydrogens is 264 g/mol. The van der Waals surface area contributed by atoms with Crippen LogP contribution in [0.1, 0.15) is 25.3 Å². The molecule has 1 aromatic rings. The third-order valence-electron chi connectivity index (χ3n) is 3.15. The molecule has 0 bridgehead atoms. The molecule has 0 heterocycles. The van der Waals surface area contributed by atoms with Crippen molar-refractivity contribution >= 4 is 17.5 Å². The van der Waals surface area contributed by atoms with E-state index < -0.39 is 5.92 Å². The van der Waals surface area contributed by atoms with Crippen LogP contribution in [0.2, 0.25) is 5.02 Å². The third-order valence-corrected chi connectivity index (χ3v) is 3.40. The van der Waals surface area contributed by atoms with E-state index in [-0.39, 0.29) is 18.6 Å². The molecule has 19 heavy (non-hydrogen) atoms. The number of halogens is 1. The van der Waals surface area contributed by atoms with E-state index in [0.717, 1.165) is 5.56 Å². The highest BCUT2D eigenvalue weighted by Crippen LogP contribution is 2.20. The highest BCUT2D eigenvalue weighted by molar-refractivity contribution is 6.30. The third kappa shape index (κ3) is 4.82. The van der Waals surface area contributed by atoms with Crippen LogP contribution < -0.4 is 5.73 Å². The van der Waals surface area contributed by atoms with Crippen molar-refractivity contribution in [3.63, 3.8) is 0 Å². The quantitative estimate of drug-likeness (QED) is 0.799. The number of aliphatic hydroxyl groups excluding tert-OH is 1. The highest BCUT2D eigenvalue weighted by atomic mass is 35.5. The van der Waals surface area contributed by atoms with Gasteiger partial charge in [0, 0.05) is 24.2 Å². The smallest absolute Gasteiger partial charge is 0.226 e. The number of carbonyl (C=O) groups is 1. The predicted molar refractivity (Wildman–Crippen MR) is 77.2 cm³/mol. The van der Waals surface area contributed by atoms with Crippen molar-refractivity contribution in [2.75, 3.05) is 19.7 Å². The van der Waals surface area contributed by atoms with Crippen molar-refractivity contribution in [3.05, 3.63) is 34.9 Å². The number of carbonyl (C=O) groups excluding carboxylic acids is 1. The number of amides is 1.